The van der Waals surface area contributed by atoms with Gasteiger partial charge in [0.1, 0.15) is 31.0 Å². The van der Waals surface area contributed by atoms with Gasteiger partial charge in [-0.25, -0.2) is 4.79 Å². The molecule has 72 heavy (non-hydrogen) atoms. The molecule has 17 atom stereocenters. The van der Waals surface area contributed by atoms with Crippen molar-refractivity contribution in [2.24, 2.45) is 17.8 Å². The third-order valence-electron chi connectivity index (χ3n) is 17.2. The van der Waals surface area contributed by atoms with Crippen LogP contribution in [-0.4, -0.2) is 117 Å². The monoisotopic (exact) mass is 995 g/mol. The van der Waals surface area contributed by atoms with Crippen molar-refractivity contribution < 1.29 is 63.1 Å². The molecule has 7 heterocycles. The highest BCUT2D eigenvalue weighted by Crippen LogP contribution is 2.48. The number of carbonyl (C=O) groups excluding carboxylic acids is 1. The molecule has 13 nitrogen and oxygen atoms in total. The molecule has 0 aliphatic carbocycles. The fourth-order valence-corrected chi connectivity index (χ4v) is 13.1. The molecule has 2 unspecified atom stereocenters. The second-order valence-corrected chi connectivity index (χ2v) is 22.9. The van der Waals surface area contributed by atoms with Crippen molar-refractivity contribution in [3.8, 4) is 0 Å². The summed E-state index contributed by atoms with van der Waals surface area (Å²) in [5, 5.41) is 50.5. The summed E-state index contributed by atoms with van der Waals surface area (Å²) in [6.07, 6.45) is 9.51. The number of hydrogen-bond acceptors (Lipinski definition) is 13. The van der Waals surface area contributed by atoms with Gasteiger partial charge in [0.15, 0.2) is 17.2 Å². The van der Waals surface area contributed by atoms with Crippen LogP contribution in [-0.2, 0) is 49.3 Å². The lowest BCUT2D eigenvalue weighted by Gasteiger charge is -2.50. The van der Waals surface area contributed by atoms with Crippen LogP contribution in [0.4, 0.5) is 0 Å². The maximum absolute atomic E-state index is 13.6. The first-order valence-electron chi connectivity index (χ1n) is 27.0. The highest BCUT2D eigenvalue weighted by Gasteiger charge is 2.55. The Balaban J connectivity index is 0.720. The molecule has 7 aliphatic heterocycles. The van der Waals surface area contributed by atoms with Gasteiger partial charge in [-0.15, -0.1) is 0 Å². The Labute approximate surface area is 424 Å². The van der Waals surface area contributed by atoms with Gasteiger partial charge >= 0.3 is 5.97 Å². The molecule has 0 bridgehead atoms. The first-order valence-corrected chi connectivity index (χ1v) is 27.0. The summed E-state index contributed by atoms with van der Waals surface area (Å²) >= 11 is 0. The molecule has 3 aromatic rings. The Kier molecular flexibility index (Phi) is 15.0. The van der Waals surface area contributed by atoms with E-state index < -0.39 is 71.7 Å². The zero-order valence-corrected chi connectivity index (χ0v) is 42.9. The normalized spacial score (nSPS) is 38.5. The quantitative estimate of drug-likeness (QED) is 0.0770. The summed E-state index contributed by atoms with van der Waals surface area (Å²) in [5.74, 6) is -3.30. The zero-order valence-electron chi connectivity index (χ0n) is 42.9. The second kappa shape index (κ2) is 20.9. The van der Waals surface area contributed by atoms with Crippen molar-refractivity contribution in [1.82, 2.24) is 0 Å². The number of aliphatic hydroxyl groups is 4. The van der Waals surface area contributed by atoms with Crippen LogP contribution < -0.4 is 0 Å². The van der Waals surface area contributed by atoms with Crippen molar-refractivity contribution in [3.63, 3.8) is 0 Å². The Morgan fingerprint density at radius 1 is 0.903 bits per heavy atom. The average molecular weight is 995 g/mol. The Morgan fingerprint density at radius 2 is 1.62 bits per heavy atom. The zero-order chi connectivity index (χ0) is 50.6. The molecule has 0 amide bonds. The van der Waals surface area contributed by atoms with Crippen molar-refractivity contribution in [2.75, 3.05) is 6.61 Å². The van der Waals surface area contributed by atoms with E-state index in [-0.39, 0.29) is 43.2 Å². The van der Waals surface area contributed by atoms with Crippen LogP contribution in [0, 0.1) is 17.8 Å². The molecule has 10 rings (SSSR count). The van der Waals surface area contributed by atoms with Crippen molar-refractivity contribution in [3.05, 3.63) is 96.1 Å². The van der Waals surface area contributed by atoms with Gasteiger partial charge in [0, 0.05) is 43.6 Å². The predicted molar refractivity (Wildman–Crippen MR) is 271 cm³/mol. The van der Waals surface area contributed by atoms with E-state index in [0.29, 0.717) is 56.4 Å². The molecule has 0 radical (unpaired) electrons. The van der Waals surface area contributed by atoms with Crippen molar-refractivity contribution in [1.29, 1.82) is 0 Å². The largest absolute Gasteiger partial charge is 0.459 e. The lowest BCUT2D eigenvalue weighted by Crippen LogP contribution is -2.60. The number of fused-ring (bicyclic) bond motifs is 3. The summed E-state index contributed by atoms with van der Waals surface area (Å²) < 4.78 is 51.9. The van der Waals surface area contributed by atoms with Gasteiger partial charge in [-0.2, -0.15) is 0 Å². The molecule has 7 aliphatic rings. The van der Waals surface area contributed by atoms with E-state index in [4.69, 9.17) is 37.9 Å². The molecule has 6 saturated heterocycles. The maximum atomic E-state index is 13.6. The van der Waals surface area contributed by atoms with Gasteiger partial charge in [-0.05, 0) is 123 Å². The number of carbonyl (C=O) groups is 1. The van der Waals surface area contributed by atoms with Gasteiger partial charge in [0.05, 0.1) is 43.2 Å². The lowest BCUT2D eigenvalue weighted by atomic mass is 9.79. The van der Waals surface area contributed by atoms with E-state index in [1.54, 1.807) is 0 Å². The number of aliphatic hydroxyl groups excluding tert-OH is 3. The Morgan fingerprint density at radius 3 is 2.36 bits per heavy atom. The molecule has 13 heteroatoms. The summed E-state index contributed by atoms with van der Waals surface area (Å²) in [5.41, 5.74) is 0.446. The highest BCUT2D eigenvalue weighted by molar-refractivity contribution is 6.02. The van der Waals surface area contributed by atoms with E-state index >= 15 is 0 Å². The fourth-order valence-electron chi connectivity index (χ4n) is 13.1. The number of esters is 1. The van der Waals surface area contributed by atoms with E-state index in [9.17, 15) is 25.2 Å². The van der Waals surface area contributed by atoms with Crippen LogP contribution >= 0.6 is 0 Å². The molecule has 4 N–H and O–H groups in total. The van der Waals surface area contributed by atoms with Crippen LogP contribution in [0.1, 0.15) is 130 Å². The van der Waals surface area contributed by atoms with Crippen LogP contribution in [0.5, 0.6) is 0 Å². The molecule has 0 saturated carbocycles. The lowest BCUT2D eigenvalue weighted by molar-refractivity contribution is -0.321. The van der Waals surface area contributed by atoms with Gasteiger partial charge in [0.25, 0.3) is 0 Å². The van der Waals surface area contributed by atoms with E-state index in [0.717, 1.165) is 77.8 Å². The minimum atomic E-state index is -1.86. The van der Waals surface area contributed by atoms with Crippen LogP contribution in [0.3, 0.4) is 0 Å². The average Bonchev–Trinajstić information content (AvgIpc) is 3.76. The first-order chi connectivity index (χ1) is 34.4. The van der Waals surface area contributed by atoms with Crippen LogP contribution in [0.25, 0.3) is 21.5 Å². The summed E-state index contributed by atoms with van der Waals surface area (Å²) in [7, 11) is 0. The van der Waals surface area contributed by atoms with E-state index in [1.807, 2.05) is 61.5 Å². The van der Waals surface area contributed by atoms with Gasteiger partial charge < -0.3 is 58.3 Å². The predicted octanol–water partition coefficient (Wildman–Crippen LogP) is 9.18. The third kappa shape index (κ3) is 10.5. The highest BCUT2D eigenvalue weighted by atomic mass is 16.7. The standard InChI is InChI=1S/C59H78O13/c1-35-29-49(70-59(32-35)50(61)20-19-43(69-59)33-56(6,64)55(63)65-34-46-44-15-9-7-13-40(44)31-41-14-8-10-16-45(41)46)36(2)17-18-42-22-26-58(68-42)27-23-48-54(72-58)51(62)39(5)53(67-48)47(60)30-38(4)52-37(3)21-25-57(71-52)24-11-12-28-66-57/h7-10,13-18,31-32,36-38,42-43,47-54,60-62,64H,5,11-12,19-30,33-34H2,1-4,6H3/b18-17+/t36-,37-,38+,42+,43?,47+,48-,49-,50-,51-,52+,53?,54-,56-,57+,58+,59-/m1/s1. The minimum absolute atomic E-state index is 0.00145. The van der Waals surface area contributed by atoms with E-state index in [1.165, 1.54) is 6.92 Å². The number of ether oxygens (including phenoxy) is 8. The van der Waals surface area contributed by atoms with Crippen molar-refractivity contribution >= 4 is 27.5 Å². The molecule has 392 valence electrons. The van der Waals surface area contributed by atoms with E-state index in [2.05, 4.69) is 45.6 Å². The Bertz CT molecular complexity index is 2440. The first kappa shape index (κ1) is 51.9. The number of rotatable bonds is 12. The maximum Gasteiger partial charge on any atom is 0.338 e. The molecule has 3 spiro atoms. The number of hydrogen-bond donors (Lipinski definition) is 4. The van der Waals surface area contributed by atoms with Gasteiger partial charge in [-0.3, -0.25) is 0 Å². The van der Waals surface area contributed by atoms with Gasteiger partial charge in [-0.1, -0.05) is 93.6 Å². The minimum Gasteiger partial charge on any atom is -0.459 e. The summed E-state index contributed by atoms with van der Waals surface area (Å²) in [4.78, 5) is 13.6. The molecular weight excluding hydrogens is 917 g/mol. The number of benzene rings is 3. The molecule has 0 aromatic heterocycles. The molecular formula is C59H78O13. The van der Waals surface area contributed by atoms with Crippen LogP contribution in [0.2, 0.25) is 0 Å². The smallest absolute Gasteiger partial charge is 0.338 e. The molecule has 6 fully saturated rings. The molecule has 3 aromatic carbocycles. The summed E-state index contributed by atoms with van der Waals surface area (Å²) in [6, 6.07) is 18.1. The topological polar surface area (TPSA) is 172 Å². The van der Waals surface area contributed by atoms with Crippen molar-refractivity contribution in [2.45, 2.75) is 215 Å². The Hall–Kier alpha value is -3.57. The fraction of sp³-hybridized carbons (Fsp3) is 0.644. The van der Waals surface area contributed by atoms with Crippen LogP contribution in [0.15, 0.2) is 90.6 Å². The second-order valence-electron chi connectivity index (χ2n) is 22.9. The SMILES string of the molecule is C=C1C([C@@H](O)C[C@H](C)[C@H]2O[C@@]3(CCCCO3)CC[C@H]2C)O[C@@H]2CC[C@]3(CC[C@H](/C=C/[C@@H](C)[C@H]4CC(C)=C[C@@]5(OC(C[C@@](C)(O)C(=O)OCc6c7ccccc7cc7ccccc67)CC[C@H]5O)O4)O3)O[C@H]2[C@@H]1O. The third-order valence-corrected chi connectivity index (χ3v) is 17.2. The van der Waals surface area contributed by atoms with Gasteiger partial charge in [0.2, 0.25) is 5.79 Å². The summed E-state index contributed by atoms with van der Waals surface area (Å²) in [6.45, 7) is 14.8.